The summed E-state index contributed by atoms with van der Waals surface area (Å²) in [7, 11) is -3.42. The van der Waals surface area contributed by atoms with E-state index in [1.807, 2.05) is 32.9 Å². The number of nitrogens with zero attached hydrogens (tertiary/aromatic N) is 2. The van der Waals surface area contributed by atoms with Crippen LogP contribution < -0.4 is 10.1 Å². The minimum atomic E-state index is -3.42. The number of anilines is 1. The molecule has 0 radical (unpaired) electrons. The number of carbonyl (C=O) groups excluding carboxylic acids is 1. The fourth-order valence-electron chi connectivity index (χ4n) is 2.93. The molecule has 3 aromatic rings. The number of benzene rings is 2. The Bertz CT molecular complexity index is 1320. The van der Waals surface area contributed by atoms with Gasteiger partial charge >= 0.3 is 0 Å². The molecule has 0 spiro atoms. The average Bonchev–Trinajstić information content (AvgIpc) is 2.73. The Kier molecular flexibility index (Phi) is 6.32. The SMILES string of the molecule is CC(C)(C)c1ccc(C(=O)Nc2cccc(S(C)(=O)=O)c2)c(Oc2ncccc2C#N)c1. The highest BCUT2D eigenvalue weighted by atomic mass is 32.2. The molecule has 1 amide bonds. The molecule has 0 aliphatic rings. The number of ether oxygens (including phenoxy) is 1. The van der Waals surface area contributed by atoms with Crippen LogP contribution >= 0.6 is 0 Å². The highest BCUT2D eigenvalue weighted by Gasteiger charge is 2.21. The highest BCUT2D eigenvalue weighted by Crippen LogP contribution is 2.32. The first-order valence-electron chi connectivity index (χ1n) is 9.78. The van der Waals surface area contributed by atoms with Crippen LogP contribution in [0.2, 0.25) is 0 Å². The summed E-state index contributed by atoms with van der Waals surface area (Å²) in [6, 6.07) is 16.5. The molecule has 0 saturated heterocycles. The van der Waals surface area contributed by atoms with Crippen molar-refractivity contribution in [1.29, 1.82) is 5.26 Å². The largest absolute Gasteiger partial charge is 0.437 e. The number of pyridine rings is 1. The van der Waals surface area contributed by atoms with Crippen molar-refractivity contribution in [1.82, 2.24) is 4.98 Å². The van der Waals surface area contributed by atoms with E-state index in [-0.39, 0.29) is 33.1 Å². The summed E-state index contributed by atoms with van der Waals surface area (Å²) in [5.41, 5.74) is 1.51. The van der Waals surface area contributed by atoms with Gasteiger partial charge in [-0.3, -0.25) is 4.79 Å². The molecule has 0 atom stereocenters. The molecule has 164 valence electrons. The van der Waals surface area contributed by atoms with E-state index in [0.29, 0.717) is 5.69 Å². The summed E-state index contributed by atoms with van der Waals surface area (Å²) < 4.78 is 29.6. The molecule has 7 nitrogen and oxygen atoms in total. The predicted octanol–water partition coefficient (Wildman–Crippen LogP) is 4.70. The molecule has 1 N–H and O–H groups in total. The van der Waals surface area contributed by atoms with Gasteiger partial charge in [-0.05, 0) is 53.4 Å². The maximum atomic E-state index is 13.1. The van der Waals surface area contributed by atoms with E-state index >= 15 is 0 Å². The maximum absolute atomic E-state index is 13.1. The van der Waals surface area contributed by atoms with Crippen molar-refractivity contribution in [2.75, 3.05) is 11.6 Å². The third-order valence-corrected chi connectivity index (χ3v) is 5.82. The lowest BCUT2D eigenvalue weighted by Gasteiger charge is -2.21. The third kappa shape index (κ3) is 5.31. The summed E-state index contributed by atoms with van der Waals surface area (Å²) in [6.45, 7) is 6.10. The smallest absolute Gasteiger partial charge is 0.259 e. The number of sulfone groups is 1. The quantitative estimate of drug-likeness (QED) is 0.605. The number of carbonyl (C=O) groups is 1. The molecular formula is C24H23N3O4S. The van der Waals surface area contributed by atoms with Crippen molar-refractivity contribution < 1.29 is 17.9 Å². The van der Waals surface area contributed by atoms with Crippen LogP contribution in [0.15, 0.2) is 65.7 Å². The number of aromatic nitrogens is 1. The van der Waals surface area contributed by atoms with Gasteiger partial charge in [-0.15, -0.1) is 0 Å². The van der Waals surface area contributed by atoms with Crippen LogP contribution in [0.25, 0.3) is 0 Å². The Balaban J connectivity index is 2.02. The zero-order valence-corrected chi connectivity index (χ0v) is 19.0. The van der Waals surface area contributed by atoms with E-state index in [4.69, 9.17) is 4.74 Å². The molecule has 0 fully saturated rings. The number of hydrogen-bond donors (Lipinski definition) is 1. The molecule has 0 bridgehead atoms. The van der Waals surface area contributed by atoms with Gasteiger partial charge in [0.2, 0.25) is 5.88 Å². The highest BCUT2D eigenvalue weighted by molar-refractivity contribution is 7.90. The van der Waals surface area contributed by atoms with Gasteiger partial charge in [0.15, 0.2) is 9.84 Å². The molecule has 0 saturated carbocycles. The molecule has 1 heterocycles. The minimum absolute atomic E-state index is 0.0918. The number of rotatable bonds is 5. The second-order valence-corrected chi connectivity index (χ2v) is 10.3. The summed E-state index contributed by atoms with van der Waals surface area (Å²) in [6.07, 6.45) is 2.60. The molecule has 8 heteroatoms. The molecule has 1 aromatic heterocycles. The Hall–Kier alpha value is -3.70. The van der Waals surface area contributed by atoms with Crippen LogP contribution in [-0.2, 0) is 15.3 Å². The van der Waals surface area contributed by atoms with Gasteiger partial charge in [0, 0.05) is 18.1 Å². The van der Waals surface area contributed by atoms with Gasteiger partial charge in [-0.25, -0.2) is 13.4 Å². The predicted molar refractivity (Wildman–Crippen MR) is 122 cm³/mol. The lowest BCUT2D eigenvalue weighted by Crippen LogP contribution is -2.16. The van der Waals surface area contributed by atoms with E-state index in [1.54, 1.807) is 36.4 Å². The van der Waals surface area contributed by atoms with E-state index in [2.05, 4.69) is 10.3 Å². The first-order chi connectivity index (χ1) is 15.0. The van der Waals surface area contributed by atoms with Gasteiger partial charge in [-0.1, -0.05) is 32.9 Å². The Morgan fingerprint density at radius 2 is 1.84 bits per heavy atom. The number of amides is 1. The average molecular weight is 450 g/mol. The van der Waals surface area contributed by atoms with Gasteiger partial charge < -0.3 is 10.1 Å². The van der Waals surface area contributed by atoms with Gasteiger partial charge in [0.1, 0.15) is 17.4 Å². The zero-order chi connectivity index (χ0) is 23.5. The minimum Gasteiger partial charge on any atom is -0.437 e. The lowest BCUT2D eigenvalue weighted by atomic mass is 9.86. The van der Waals surface area contributed by atoms with Gasteiger partial charge in [0.25, 0.3) is 5.91 Å². The van der Waals surface area contributed by atoms with Gasteiger partial charge in [0.05, 0.1) is 10.5 Å². The summed E-state index contributed by atoms with van der Waals surface area (Å²) in [5.74, 6) is -0.154. The van der Waals surface area contributed by atoms with Gasteiger partial charge in [-0.2, -0.15) is 5.26 Å². The van der Waals surface area contributed by atoms with E-state index < -0.39 is 15.7 Å². The van der Waals surface area contributed by atoms with Crippen molar-refractivity contribution in [3.8, 4) is 17.7 Å². The standard InChI is InChI=1S/C24H23N3O4S/c1-24(2,3)17-10-11-20(21(13-17)31-23-16(15-25)7-6-12-26-23)22(28)27-18-8-5-9-19(14-18)32(4,29)30/h5-14H,1-4H3,(H,27,28). The third-order valence-electron chi connectivity index (χ3n) is 4.71. The van der Waals surface area contributed by atoms with Crippen LogP contribution in [0.1, 0.15) is 42.3 Å². The van der Waals surface area contributed by atoms with E-state index in [9.17, 15) is 18.5 Å². The van der Waals surface area contributed by atoms with Crippen LogP contribution in [0.5, 0.6) is 11.6 Å². The Morgan fingerprint density at radius 1 is 1.09 bits per heavy atom. The fraction of sp³-hybridized carbons (Fsp3) is 0.208. The van der Waals surface area contributed by atoms with Crippen molar-refractivity contribution in [2.45, 2.75) is 31.1 Å². The molecule has 3 rings (SSSR count). The Morgan fingerprint density at radius 3 is 2.50 bits per heavy atom. The van der Waals surface area contributed by atoms with Crippen molar-refractivity contribution in [3.63, 3.8) is 0 Å². The molecule has 0 aliphatic heterocycles. The molecule has 0 unspecified atom stereocenters. The second-order valence-electron chi connectivity index (χ2n) is 8.29. The zero-order valence-electron chi connectivity index (χ0n) is 18.2. The number of nitriles is 1. The first kappa shape index (κ1) is 23.0. The number of nitrogens with one attached hydrogen (secondary N) is 1. The van der Waals surface area contributed by atoms with Crippen molar-refractivity contribution in [2.24, 2.45) is 0 Å². The van der Waals surface area contributed by atoms with E-state index in [1.165, 1.54) is 18.3 Å². The molecule has 0 aliphatic carbocycles. The summed E-state index contributed by atoms with van der Waals surface area (Å²) in [4.78, 5) is 17.3. The van der Waals surface area contributed by atoms with Crippen LogP contribution in [0.4, 0.5) is 5.69 Å². The summed E-state index contributed by atoms with van der Waals surface area (Å²) >= 11 is 0. The first-order valence-corrected chi connectivity index (χ1v) is 11.7. The maximum Gasteiger partial charge on any atom is 0.259 e. The van der Waals surface area contributed by atoms with Crippen LogP contribution in [0.3, 0.4) is 0 Å². The van der Waals surface area contributed by atoms with Crippen LogP contribution in [-0.4, -0.2) is 25.6 Å². The molecule has 2 aromatic carbocycles. The Labute approximate surface area is 187 Å². The lowest BCUT2D eigenvalue weighted by molar-refractivity contribution is 0.102. The topological polar surface area (TPSA) is 109 Å². The molecular weight excluding hydrogens is 426 g/mol. The summed E-state index contributed by atoms with van der Waals surface area (Å²) in [5, 5.41) is 12.1. The van der Waals surface area contributed by atoms with E-state index in [0.717, 1.165) is 11.8 Å². The van der Waals surface area contributed by atoms with Crippen molar-refractivity contribution in [3.05, 3.63) is 77.5 Å². The van der Waals surface area contributed by atoms with Crippen LogP contribution in [0, 0.1) is 11.3 Å². The molecule has 32 heavy (non-hydrogen) atoms. The fourth-order valence-corrected chi connectivity index (χ4v) is 3.59. The number of hydrogen-bond acceptors (Lipinski definition) is 6. The second kappa shape index (κ2) is 8.81. The monoisotopic (exact) mass is 449 g/mol. The van der Waals surface area contributed by atoms with Crippen molar-refractivity contribution >= 4 is 21.4 Å². The normalized spacial score (nSPS) is 11.5.